The molecule has 1 fully saturated rings. The predicted molar refractivity (Wildman–Crippen MR) is 121 cm³/mol. The fourth-order valence-corrected chi connectivity index (χ4v) is 4.51. The molecule has 0 aliphatic carbocycles. The van der Waals surface area contributed by atoms with Gasteiger partial charge >= 0.3 is 0 Å². The molecule has 0 radical (unpaired) electrons. The summed E-state index contributed by atoms with van der Waals surface area (Å²) in [5.74, 6) is 0.552. The number of anilines is 1. The van der Waals surface area contributed by atoms with Gasteiger partial charge in [0.2, 0.25) is 5.91 Å². The third kappa shape index (κ3) is 3.58. The number of aryl methyl sites for hydroxylation is 2. The lowest BCUT2D eigenvalue weighted by Gasteiger charge is -2.18. The Labute approximate surface area is 183 Å². The van der Waals surface area contributed by atoms with Crippen LogP contribution in [-0.4, -0.2) is 30.0 Å². The zero-order valence-electron chi connectivity index (χ0n) is 17.3. The molecule has 0 atom stereocenters. The number of fused-ring (bicyclic) bond motifs is 1. The molecule has 3 aromatic rings. The molecular weight excluding hydrogens is 446 g/mol. The van der Waals surface area contributed by atoms with Gasteiger partial charge in [0.05, 0.1) is 18.3 Å². The van der Waals surface area contributed by atoms with Crippen LogP contribution in [0.25, 0.3) is 10.9 Å². The zero-order valence-corrected chi connectivity index (χ0v) is 18.9. The number of nitrogens with zero attached hydrogens (tertiary/aromatic N) is 2. The summed E-state index contributed by atoms with van der Waals surface area (Å²) in [6.45, 7) is 2.96. The number of hydrogen-bond donors (Lipinski definition) is 1. The van der Waals surface area contributed by atoms with Crippen molar-refractivity contribution in [2.24, 2.45) is 7.05 Å². The fourth-order valence-electron chi connectivity index (χ4n) is 4.10. The summed E-state index contributed by atoms with van der Waals surface area (Å²) in [6.07, 6.45) is 1.32. The fraction of sp³-hybridized carbons (Fsp3) is 0.304. The molecule has 30 heavy (non-hydrogen) atoms. The Balaban J connectivity index is 1.74. The summed E-state index contributed by atoms with van der Waals surface area (Å²) in [5, 5.41) is 3.94. The van der Waals surface area contributed by atoms with E-state index in [2.05, 4.69) is 21.2 Å². The maximum absolute atomic E-state index is 13.3. The molecule has 0 saturated carbocycles. The van der Waals surface area contributed by atoms with Crippen LogP contribution in [0.4, 0.5) is 5.69 Å². The number of benzene rings is 2. The Hall–Kier alpha value is -2.80. The number of rotatable bonds is 5. The normalized spacial score (nSPS) is 13.9. The summed E-state index contributed by atoms with van der Waals surface area (Å²) in [5.41, 5.74) is 4.10. The summed E-state index contributed by atoms with van der Waals surface area (Å²) in [4.78, 5) is 27.7. The molecule has 4 rings (SSSR count). The van der Waals surface area contributed by atoms with Gasteiger partial charge in [0.15, 0.2) is 0 Å². The van der Waals surface area contributed by atoms with Gasteiger partial charge in [-0.15, -0.1) is 0 Å². The Morgan fingerprint density at radius 3 is 2.73 bits per heavy atom. The quantitative estimate of drug-likeness (QED) is 0.605. The topological polar surface area (TPSA) is 63.6 Å². The lowest BCUT2D eigenvalue weighted by molar-refractivity contribution is -0.117. The Morgan fingerprint density at radius 2 is 2.03 bits per heavy atom. The van der Waals surface area contributed by atoms with Crippen molar-refractivity contribution in [3.05, 3.63) is 57.7 Å². The van der Waals surface area contributed by atoms with E-state index in [-0.39, 0.29) is 11.8 Å². The summed E-state index contributed by atoms with van der Waals surface area (Å²) < 4.78 is 8.20. The number of halogens is 1. The van der Waals surface area contributed by atoms with Crippen molar-refractivity contribution in [3.8, 4) is 5.75 Å². The molecule has 0 spiro atoms. The number of methoxy groups -OCH3 is 1. The van der Waals surface area contributed by atoms with Crippen LogP contribution in [-0.2, 0) is 18.4 Å². The van der Waals surface area contributed by atoms with Gasteiger partial charge in [-0.1, -0.05) is 27.6 Å². The second-order valence-electron chi connectivity index (χ2n) is 7.56. The van der Waals surface area contributed by atoms with E-state index in [0.29, 0.717) is 36.6 Å². The van der Waals surface area contributed by atoms with Crippen LogP contribution in [0, 0.1) is 6.92 Å². The highest BCUT2D eigenvalue weighted by molar-refractivity contribution is 9.10. The van der Waals surface area contributed by atoms with Crippen LogP contribution in [0.3, 0.4) is 0 Å². The molecule has 0 unspecified atom stereocenters. The van der Waals surface area contributed by atoms with E-state index in [0.717, 1.165) is 32.9 Å². The first-order valence-electron chi connectivity index (χ1n) is 9.90. The first-order chi connectivity index (χ1) is 14.4. The number of carbonyl (C=O) groups is 2. The third-order valence-electron chi connectivity index (χ3n) is 5.57. The van der Waals surface area contributed by atoms with E-state index in [9.17, 15) is 9.59 Å². The van der Waals surface area contributed by atoms with Crippen molar-refractivity contribution in [1.82, 2.24) is 9.88 Å². The number of ether oxygens (including phenoxy) is 1. The van der Waals surface area contributed by atoms with E-state index < -0.39 is 0 Å². The minimum absolute atomic E-state index is 0.0618. The molecule has 2 heterocycles. The molecule has 156 valence electrons. The number of amides is 2. The van der Waals surface area contributed by atoms with Gasteiger partial charge < -0.3 is 19.5 Å². The third-order valence-corrected chi connectivity index (χ3v) is 6.06. The van der Waals surface area contributed by atoms with E-state index in [1.807, 2.05) is 54.9 Å². The largest absolute Gasteiger partial charge is 0.496 e. The van der Waals surface area contributed by atoms with Crippen LogP contribution in [0.5, 0.6) is 5.75 Å². The molecule has 1 aromatic heterocycles. The zero-order chi connectivity index (χ0) is 21.4. The van der Waals surface area contributed by atoms with E-state index >= 15 is 0 Å². The van der Waals surface area contributed by atoms with E-state index in [1.54, 1.807) is 12.0 Å². The van der Waals surface area contributed by atoms with Gasteiger partial charge in [0, 0.05) is 42.0 Å². The number of carbonyl (C=O) groups excluding carboxylic acids is 2. The van der Waals surface area contributed by atoms with Crippen LogP contribution < -0.4 is 15.0 Å². The number of hydrogen-bond acceptors (Lipinski definition) is 3. The summed E-state index contributed by atoms with van der Waals surface area (Å²) in [7, 11) is 3.48. The maximum Gasteiger partial charge on any atom is 0.270 e. The monoisotopic (exact) mass is 469 g/mol. The van der Waals surface area contributed by atoms with E-state index in [1.165, 1.54) is 0 Å². The van der Waals surface area contributed by atoms with Crippen molar-refractivity contribution in [1.29, 1.82) is 0 Å². The Bertz CT molecular complexity index is 1150. The minimum atomic E-state index is -0.219. The second kappa shape index (κ2) is 8.14. The highest BCUT2D eigenvalue weighted by Gasteiger charge is 2.31. The van der Waals surface area contributed by atoms with Gasteiger partial charge in [-0.05, 0) is 43.7 Å². The highest BCUT2D eigenvalue weighted by Crippen LogP contribution is 2.36. The van der Waals surface area contributed by atoms with Crippen molar-refractivity contribution in [2.45, 2.75) is 26.3 Å². The molecule has 1 aliphatic rings. The van der Waals surface area contributed by atoms with Crippen LogP contribution >= 0.6 is 15.9 Å². The van der Waals surface area contributed by atoms with Gasteiger partial charge in [-0.3, -0.25) is 9.59 Å². The second-order valence-corrected chi connectivity index (χ2v) is 8.48. The van der Waals surface area contributed by atoms with E-state index in [4.69, 9.17) is 4.74 Å². The standard InChI is InChI=1S/C23H24BrN3O3/c1-14-6-8-18-17(11-14)21(27-10-4-5-20(27)28)22(26(18)2)23(29)25-13-15-12-16(24)7-9-19(15)30-3/h6-9,11-12H,4-5,10,13H2,1-3H3,(H,25,29). The maximum atomic E-state index is 13.3. The highest BCUT2D eigenvalue weighted by atomic mass is 79.9. The van der Waals surface area contributed by atoms with Gasteiger partial charge in [-0.25, -0.2) is 0 Å². The van der Waals surface area contributed by atoms with Crippen molar-refractivity contribution in [2.75, 3.05) is 18.6 Å². The lowest BCUT2D eigenvalue weighted by Crippen LogP contribution is -2.30. The van der Waals surface area contributed by atoms with Gasteiger partial charge in [-0.2, -0.15) is 0 Å². The van der Waals surface area contributed by atoms with Crippen molar-refractivity contribution < 1.29 is 14.3 Å². The Morgan fingerprint density at radius 1 is 1.23 bits per heavy atom. The molecule has 1 saturated heterocycles. The average molecular weight is 470 g/mol. The smallest absolute Gasteiger partial charge is 0.270 e. The molecule has 1 aliphatic heterocycles. The first-order valence-corrected chi connectivity index (χ1v) is 10.7. The molecule has 6 nitrogen and oxygen atoms in total. The van der Waals surface area contributed by atoms with Crippen LogP contribution in [0.1, 0.15) is 34.5 Å². The van der Waals surface area contributed by atoms with Crippen LogP contribution in [0.15, 0.2) is 40.9 Å². The SMILES string of the molecule is COc1ccc(Br)cc1CNC(=O)c1c(N2CCCC2=O)c2cc(C)ccc2n1C. The molecule has 2 amide bonds. The molecule has 0 bridgehead atoms. The molecule has 7 heteroatoms. The van der Waals surface area contributed by atoms with Crippen LogP contribution in [0.2, 0.25) is 0 Å². The number of nitrogens with one attached hydrogen (secondary N) is 1. The number of aromatic nitrogens is 1. The summed E-state index contributed by atoms with van der Waals surface area (Å²) >= 11 is 3.47. The molecule has 1 N–H and O–H groups in total. The van der Waals surface area contributed by atoms with Gasteiger partial charge in [0.1, 0.15) is 11.4 Å². The Kier molecular flexibility index (Phi) is 5.56. The lowest BCUT2D eigenvalue weighted by atomic mass is 10.1. The van der Waals surface area contributed by atoms with Gasteiger partial charge in [0.25, 0.3) is 5.91 Å². The first kappa shape index (κ1) is 20.5. The molecule has 2 aromatic carbocycles. The van der Waals surface area contributed by atoms with Crippen molar-refractivity contribution in [3.63, 3.8) is 0 Å². The average Bonchev–Trinajstić information content (AvgIpc) is 3.26. The minimum Gasteiger partial charge on any atom is -0.496 e. The summed E-state index contributed by atoms with van der Waals surface area (Å²) in [6, 6.07) is 11.8. The predicted octanol–water partition coefficient (Wildman–Crippen LogP) is 4.31. The van der Waals surface area contributed by atoms with Crippen molar-refractivity contribution >= 4 is 44.3 Å². The molecular formula is C23H24BrN3O3.